The first-order chi connectivity index (χ1) is 9.92. The van der Waals surface area contributed by atoms with Gasteiger partial charge in [-0.2, -0.15) is 8.42 Å². The Bertz CT molecular complexity index is 751. The fraction of sp³-hybridized carbons (Fsp3) is 0.188. The first-order valence-corrected chi connectivity index (χ1v) is 7.99. The second kappa shape index (κ2) is 6.10. The normalized spacial score (nSPS) is 12.2. The highest BCUT2D eigenvalue weighted by Crippen LogP contribution is 2.18. The van der Waals surface area contributed by atoms with Crippen LogP contribution in [0.15, 0.2) is 63.9 Å². The molecule has 0 aliphatic rings. The highest BCUT2D eigenvalue weighted by atomic mass is 32.2. The molecule has 4 nitrogen and oxygen atoms in total. The number of rotatable bonds is 3. The molecule has 0 saturated heterocycles. The summed E-state index contributed by atoms with van der Waals surface area (Å²) >= 11 is 0. The monoisotopic (exact) mass is 302 g/mol. The van der Waals surface area contributed by atoms with Gasteiger partial charge in [0, 0.05) is 19.7 Å². The largest absolute Gasteiger partial charge is 0.362 e. The lowest BCUT2D eigenvalue weighted by atomic mass is 10.2. The highest BCUT2D eigenvalue weighted by Gasteiger charge is 2.18. The second-order valence-electron chi connectivity index (χ2n) is 4.92. The molecule has 21 heavy (non-hydrogen) atoms. The maximum Gasteiger partial charge on any atom is 0.284 e. The summed E-state index contributed by atoms with van der Waals surface area (Å²) in [5.74, 6) is 0.416. The van der Waals surface area contributed by atoms with Crippen LogP contribution in [0.4, 0.5) is 0 Å². The standard InChI is InChI=1S/C16H18N2O2S/c1-13-9-7-8-12-15(13)21(19,20)17-16(18(2)3)14-10-5-4-6-11-14/h4-12H,1-3H3/b17-16-. The molecule has 0 aromatic heterocycles. The molecule has 0 aliphatic heterocycles. The van der Waals surface area contributed by atoms with Gasteiger partial charge in [0.15, 0.2) is 0 Å². The van der Waals surface area contributed by atoms with E-state index < -0.39 is 10.0 Å². The third kappa shape index (κ3) is 3.49. The van der Waals surface area contributed by atoms with Gasteiger partial charge in [-0.3, -0.25) is 0 Å². The Balaban J connectivity index is 2.56. The van der Waals surface area contributed by atoms with Gasteiger partial charge in [0.05, 0.1) is 4.90 Å². The van der Waals surface area contributed by atoms with Crippen LogP contribution >= 0.6 is 0 Å². The molecule has 0 aliphatic carbocycles. The van der Waals surface area contributed by atoms with Crippen molar-refractivity contribution in [3.05, 3.63) is 65.7 Å². The average Bonchev–Trinajstić information content (AvgIpc) is 2.46. The van der Waals surface area contributed by atoms with E-state index in [1.54, 1.807) is 44.1 Å². The van der Waals surface area contributed by atoms with Crippen molar-refractivity contribution in [2.75, 3.05) is 14.1 Å². The number of hydrogen-bond acceptors (Lipinski definition) is 2. The number of aryl methyl sites for hydroxylation is 1. The van der Waals surface area contributed by atoms with Crippen molar-refractivity contribution < 1.29 is 8.42 Å². The summed E-state index contributed by atoms with van der Waals surface area (Å²) in [5, 5.41) is 0. The maximum absolute atomic E-state index is 12.5. The molecule has 0 unspecified atom stereocenters. The molecule has 0 N–H and O–H groups in total. The molecule has 0 heterocycles. The lowest BCUT2D eigenvalue weighted by Gasteiger charge is -2.16. The van der Waals surface area contributed by atoms with Gasteiger partial charge in [0.2, 0.25) is 0 Å². The second-order valence-corrected chi connectivity index (χ2v) is 6.49. The van der Waals surface area contributed by atoms with Gasteiger partial charge in [-0.25, -0.2) is 0 Å². The van der Waals surface area contributed by atoms with Crippen molar-refractivity contribution >= 4 is 15.9 Å². The third-order valence-corrected chi connectivity index (χ3v) is 4.46. The molecule has 0 radical (unpaired) electrons. The van der Waals surface area contributed by atoms with Crippen molar-refractivity contribution in [1.82, 2.24) is 4.90 Å². The van der Waals surface area contributed by atoms with Crippen LogP contribution in [-0.2, 0) is 10.0 Å². The minimum atomic E-state index is -3.74. The fourth-order valence-electron chi connectivity index (χ4n) is 1.99. The molecule has 0 atom stereocenters. The van der Waals surface area contributed by atoms with E-state index in [9.17, 15) is 8.42 Å². The van der Waals surface area contributed by atoms with Crippen LogP contribution in [0.2, 0.25) is 0 Å². The summed E-state index contributed by atoms with van der Waals surface area (Å²) in [6.07, 6.45) is 0. The molecule has 110 valence electrons. The van der Waals surface area contributed by atoms with E-state index in [2.05, 4.69) is 4.40 Å². The van der Waals surface area contributed by atoms with Crippen molar-refractivity contribution in [2.24, 2.45) is 4.40 Å². The molecule has 0 bridgehead atoms. The van der Waals surface area contributed by atoms with Gasteiger partial charge in [-0.1, -0.05) is 48.5 Å². The first kappa shape index (κ1) is 15.3. The van der Waals surface area contributed by atoms with Crippen molar-refractivity contribution in [3.8, 4) is 0 Å². The lowest BCUT2D eigenvalue weighted by molar-refractivity contribution is 0.591. The smallest absolute Gasteiger partial charge is 0.284 e. The van der Waals surface area contributed by atoms with Crippen LogP contribution in [0.5, 0.6) is 0 Å². The Morgan fingerprint density at radius 3 is 2.10 bits per heavy atom. The molecule has 0 spiro atoms. The van der Waals surface area contributed by atoms with Crippen molar-refractivity contribution in [1.29, 1.82) is 0 Å². The fourth-order valence-corrected chi connectivity index (χ4v) is 3.31. The van der Waals surface area contributed by atoms with Gasteiger partial charge in [0.25, 0.3) is 10.0 Å². The Morgan fingerprint density at radius 2 is 1.52 bits per heavy atom. The van der Waals surface area contributed by atoms with E-state index in [0.29, 0.717) is 11.4 Å². The zero-order valence-corrected chi connectivity index (χ0v) is 13.1. The number of benzene rings is 2. The maximum atomic E-state index is 12.5. The predicted molar refractivity (Wildman–Crippen MR) is 85.0 cm³/mol. The molecule has 2 aromatic rings. The van der Waals surface area contributed by atoms with Gasteiger partial charge in [0.1, 0.15) is 5.84 Å². The minimum absolute atomic E-state index is 0.236. The van der Waals surface area contributed by atoms with Gasteiger partial charge in [-0.05, 0) is 18.6 Å². The SMILES string of the molecule is Cc1ccccc1S(=O)(=O)/N=C(/c1ccccc1)N(C)C. The van der Waals surface area contributed by atoms with E-state index in [-0.39, 0.29) is 4.90 Å². The van der Waals surface area contributed by atoms with Crippen LogP contribution < -0.4 is 0 Å². The Kier molecular flexibility index (Phi) is 4.43. The van der Waals surface area contributed by atoms with E-state index in [1.807, 2.05) is 36.4 Å². The number of sulfonamides is 1. The zero-order chi connectivity index (χ0) is 15.5. The van der Waals surface area contributed by atoms with Crippen LogP contribution in [-0.4, -0.2) is 33.2 Å². The van der Waals surface area contributed by atoms with Gasteiger partial charge < -0.3 is 4.90 Å². The summed E-state index contributed by atoms with van der Waals surface area (Å²) in [4.78, 5) is 1.94. The summed E-state index contributed by atoms with van der Waals surface area (Å²) in [6.45, 7) is 1.76. The molecular weight excluding hydrogens is 284 g/mol. The molecule has 0 amide bonds. The average molecular weight is 302 g/mol. The zero-order valence-electron chi connectivity index (χ0n) is 12.3. The molecule has 5 heteroatoms. The van der Waals surface area contributed by atoms with Crippen LogP contribution in [0, 0.1) is 6.92 Å². The topological polar surface area (TPSA) is 49.7 Å². The van der Waals surface area contributed by atoms with E-state index in [1.165, 1.54) is 0 Å². The van der Waals surface area contributed by atoms with Gasteiger partial charge in [-0.15, -0.1) is 4.40 Å². The van der Waals surface area contributed by atoms with Crippen molar-refractivity contribution in [2.45, 2.75) is 11.8 Å². The number of hydrogen-bond donors (Lipinski definition) is 0. The number of nitrogens with zero attached hydrogens (tertiary/aromatic N) is 2. The molecular formula is C16H18N2O2S. The van der Waals surface area contributed by atoms with E-state index >= 15 is 0 Å². The van der Waals surface area contributed by atoms with Crippen LogP contribution in [0.25, 0.3) is 0 Å². The molecule has 2 rings (SSSR count). The van der Waals surface area contributed by atoms with E-state index in [0.717, 1.165) is 5.56 Å². The number of amidine groups is 1. The van der Waals surface area contributed by atoms with Crippen molar-refractivity contribution in [3.63, 3.8) is 0 Å². The minimum Gasteiger partial charge on any atom is -0.362 e. The molecule has 0 fully saturated rings. The molecule has 0 saturated carbocycles. The van der Waals surface area contributed by atoms with Crippen LogP contribution in [0.1, 0.15) is 11.1 Å². The third-order valence-electron chi connectivity index (χ3n) is 3.03. The Labute approximate surface area is 125 Å². The van der Waals surface area contributed by atoms with Gasteiger partial charge >= 0.3 is 0 Å². The van der Waals surface area contributed by atoms with Crippen LogP contribution in [0.3, 0.4) is 0 Å². The quantitative estimate of drug-likeness (QED) is 0.647. The first-order valence-electron chi connectivity index (χ1n) is 6.55. The molecule has 2 aromatic carbocycles. The Morgan fingerprint density at radius 1 is 0.952 bits per heavy atom. The summed E-state index contributed by atoms with van der Waals surface area (Å²) in [7, 11) is -0.183. The summed E-state index contributed by atoms with van der Waals surface area (Å²) in [6, 6.07) is 16.1. The Hall–Kier alpha value is -2.14. The summed E-state index contributed by atoms with van der Waals surface area (Å²) < 4.78 is 29.1. The summed E-state index contributed by atoms with van der Waals surface area (Å²) in [5.41, 5.74) is 1.45. The highest BCUT2D eigenvalue weighted by molar-refractivity contribution is 7.90. The lowest BCUT2D eigenvalue weighted by Crippen LogP contribution is -2.24. The van der Waals surface area contributed by atoms with E-state index in [4.69, 9.17) is 0 Å². The predicted octanol–water partition coefficient (Wildman–Crippen LogP) is 2.69.